The molecule has 1 aliphatic heterocycles. The molecule has 9 heteroatoms. The van der Waals surface area contributed by atoms with Crippen molar-refractivity contribution in [2.45, 2.75) is 31.7 Å². The van der Waals surface area contributed by atoms with Gasteiger partial charge in [0, 0.05) is 12.1 Å². The first kappa shape index (κ1) is 17.7. The van der Waals surface area contributed by atoms with Crippen LogP contribution in [0.2, 0.25) is 0 Å². The first-order valence-electron chi connectivity index (χ1n) is 7.02. The number of benzene rings is 1. The van der Waals surface area contributed by atoms with Gasteiger partial charge >= 0.3 is 6.18 Å². The second-order valence-corrected chi connectivity index (χ2v) is 5.14. The van der Waals surface area contributed by atoms with E-state index in [-0.39, 0.29) is 22.9 Å². The largest absolute Gasteiger partial charge is 0.484 e. The molecular formula is C15H14F3N3O3. The molecule has 24 heavy (non-hydrogen) atoms. The van der Waals surface area contributed by atoms with E-state index in [0.29, 0.717) is 5.56 Å². The number of rotatable bonds is 4. The van der Waals surface area contributed by atoms with E-state index in [1.54, 1.807) is 6.92 Å². The third kappa shape index (κ3) is 3.33. The molecule has 1 aromatic carbocycles. The lowest BCUT2D eigenvalue weighted by Gasteiger charge is -2.32. The van der Waals surface area contributed by atoms with E-state index in [9.17, 15) is 23.1 Å². The fraction of sp³-hybridized carbons (Fsp3) is 0.400. The van der Waals surface area contributed by atoms with Crippen molar-refractivity contribution >= 4 is 11.6 Å². The number of carbonyl (C=O) groups is 1. The highest BCUT2D eigenvalue weighted by atomic mass is 19.4. The van der Waals surface area contributed by atoms with Gasteiger partial charge in [0.25, 0.3) is 11.6 Å². The summed E-state index contributed by atoms with van der Waals surface area (Å²) in [7, 11) is 0. The number of hydrazone groups is 1. The Balaban J connectivity index is 2.11. The Bertz CT molecular complexity index is 695. The molecule has 0 saturated carbocycles. The number of carbonyl (C=O) groups excluding carboxylic acids is 1. The molecule has 1 amide bonds. The Morgan fingerprint density at radius 3 is 2.58 bits per heavy atom. The average Bonchev–Trinajstić information content (AvgIpc) is 2.91. The number of amides is 1. The number of ether oxygens (including phenoxy) is 1. The Morgan fingerprint density at radius 1 is 1.46 bits per heavy atom. The topological polar surface area (TPSA) is 85.9 Å². The van der Waals surface area contributed by atoms with Gasteiger partial charge in [-0.2, -0.15) is 28.5 Å². The third-order valence-corrected chi connectivity index (χ3v) is 3.49. The molecule has 1 heterocycles. The maximum atomic E-state index is 13.1. The normalized spacial score (nSPS) is 20.5. The zero-order valence-corrected chi connectivity index (χ0v) is 12.7. The van der Waals surface area contributed by atoms with Crippen LogP contribution in [-0.4, -0.2) is 40.2 Å². The summed E-state index contributed by atoms with van der Waals surface area (Å²) in [6.07, 6.45) is -5.65. The number of nitrogens with zero attached hydrogens (tertiary/aromatic N) is 3. The fourth-order valence-electron chi connectivity index (χ4n) is 2.13. The highest BCUT2D eigenvalue weighted by molar-refractivity contribution is 5.90. The Kier molecular flexibility index (Phi) is 4.80. The molecule has 1 aliphatic rings. The van der Waals surface area contributed by atoms with Crippen LogP contribution in [-0.2, 0) is 4.79 Å². The Hall–Kier alpha value is -2.60. The number of nitriles is 1. The Labute approximate surface area is 135 Å². The predicted molar refractivity (Wildman–Crippen MR) is 76.8 cm³/mol. The maximum Gasteiger partial charge on any atom is 0.438 e. The van der Waals surface area contributed by atoms with Gasteiger partial charge in [0.1, 0.15) is 5.75 Å². The number of aliphatic hydroxyl groups is 1. The molecule has 0 aliphatic carbocycles. The van der Waals surface area contributed by atoms with Crippen LogP contribution in [0, 0.1) is 11.3 Å². The molecular weight excluding hydrogens is 327 g/mol. The van der Waals surface area contributed by atoms with Crippen molar-refractivity contribution in [3.63, 3.8) is 0 Å². The van der Waals surface area contributed by atoms with Gasteiger partial charge in [-0.3, -0.25) is 4.79 Å². The van der Waals surface area contributed by atoms with Gasteiger partial charge in [0.15, 0.2) is 6.61 Å². The predicted octanol–water partition coefficient (Wildman–Crippen LogP) is 2.19. The first-order valence-corrected chi connectivity index (χ1v) is 7.02. The van der Waals surface area contributed by atoms with E-state index in [4.69, 9.17) is 10.00 Å². The summed E-state index contributed by atoms with van der Waals surface area (Å²) >= 11 is 0. The van der Waals surface area contributed by atoms with Crippen LogP contribution >= 0.6 is 0 Å². The second kappa shape index (κ2) is 6.49. The quantitative estimate of drug-likeness (QED) is 0.909. The summed E-state index contributed by atoms with van der Waals surface area (Å²) in [4.78, 5) is 12.0. The minimum Gasteiger partial charge on any atom is -0.484 e. The molecule has 128 valence electrons. The van der Waals surface area contributed by atoms with Crippen molar-refractivity contribution in [3.8, 4) is 11.8 Å². The lowest BCUT2D eigenvalue weighted by atomic mass is 10.1. The Morgan fingerprint density at radius 2 is 2.08 bits per heavy atom. The van der Waals surface area contributed by atoms with Gasteiger partial charge in [-0.15, -0.1) is 0 Å². The summed E-state index contributed by atoms with van der Waals surface area (Å²) in [5, 5.41) is 22.2. The number of halogens is 3. The van der Waals surface area contributed by atoms with Gasteiger partial charge in [0.2, 0.25) is 0 Å². The van der Waals surface area contributed by atoms with E-state index >= 15 is 0 Å². The second-order valence-electron chi connectivity index (χ2n) is 5.14. The van der Waals surface area contributed by atoms with Crippen LogP contribution in [0.25, 0.3) is 0 Å². The van der Waals surface area contributed by atoms with Gasteiger partial charge in [0.05, 0.1) is 11.6 Å². The molecule has 2 rings (SSSR count). The van der Waals surface area contributed by atoms with Crippen molar-refractivity contribution in [2.75, 3.05) is 6.61 Å². The third-order valence-electron chi connectivity index (χ3n) is 3.49. The van der Waals surface area contributed by atoms with E-state index in [1.807, 2.05) is 6.07 Å². The van der Waals surface area contributed by atoms with Gasteiger partial charge in [-0.05, 0) is 30.7 Å². The molecule has 0 spiro atoms. The highest BCUT2D eigenvalue weighted by Gasteiger charge is 2.62. The molecule has 1 aromatic rings. The molecule has 6 nitrogen and oxygen atoms in total. The van der Waals surface area contributed by atoms with E-state index in [2.05, 4.69) is 5.10 Å². The molecule has 0 fully saturated rings. The molecule has 1 atom stereocenters. The van der Waals surface area contributed by atoms with Gasteiger partial charge in [-0.1, -0.05) is 6.92 Å². The summed E-state index contributed by atoms with van der Waals surface area (Å²) in [6.45, 7) is 0.849. The van der Waals surface area contributed by atoms with Crippen molar-refractivity contribution in [3.05, 3.63) is 29.8 Å². The van der Waals surface area contributed by atoms with Crippen LogP contribution in [0.4, 0.5) is 13.2 Å². The van der Waals surface area contributed by atoms with Crippen LogP contribution in [0.5, 0.6) is 5.75 Å². The standard InChI is InChI=1S/C15H14F3N3O3/c1-2-11-7-14(23,15(16,17)18)21(20-11)13(22)9-24-12-5-3-10(8-19)4-6-12/h3-6,23H,2,7,9H2,1H3/t14-/m1/s1. The van der Waals surface area contributed by atoms with E-state index in [1.165, 1.54) is 24.3 Å². The summed E-state index contributed by atoms with van der Waals surface area (Å²) in [6, 6.07) is 7.59. The van der Waals surface area contributed by atoms with Crippen LogP contribution in [0.15, 0.2) is 29.4 Å². The zero-order chi connectivity index (χ0) is 18.0. The molecule has 0 unspecified atom stereocenters. The summed E-state index contributed by atoms with van der Waals surface area (Å²) < 4.78 is 44.5. The van der Waals surface area contributed by atoms with Gasteiger partial charge < -0.3 is 9.84 Å². The summed E-state index contributed by atoms with van der Waals surface area (Å²) in [5.74, 6) is -0.917. The smallest absolute Gasteiger partial charge is 0.438 e. The fourth-order valence-corrected chi connectivity index (χ4v) is 2.13. The molecule has 1 N–H and O–H groups in total. The minimum absolute atomic E-state index is 0.0372. The maximum absolute atomic E-state index is 13.1. The van der Waals surface area contributed by atoms with Crippen LogP contribution in [0.3, 0.4) is 0 Å². The lowest BCUT2D eigenvalue weighted by molar-refractivity contribution is -0.302. The molecule has 0 aromatic heterocycles. The number of hydrogen-bond donors (Lipinski definition) is 1. The monoisotopic (exact) mass is 341 g/mol. The van der Waals surface area contributed by atoms with Crippen molar-refractivity contribution in [1.29, 1.82) is 5.26 Å². The number of alkyl halides is 3. The van der Waals surface area contributed by atoms with Crippen molar-refractivity contribution in [2.24, 2.45) is 5.10 Å². The average molecular weight is 341 g/mol. The molecule has 0 radical (unpaired) electrons. The van der Waals surface area contributed by atoms with E-state index in [0.717, 1.165) is 0 Å². The van der Waals surface area contributed by atoms with Gasteiger partial charge in [-0.25, -0.2) is 0 Å². The SMILES string of the molecule is CCC1=NN(C(=O)COc2ccc(C#N)cc2)[C@](O)(C(F)(F)F)C1. The zero-order valence-electron chi connectivity index (χ0n) is 12.7. The number of hydrogen-bond acceptors (Lipinski definition) is 5. The molecule has 0 saturated heterocycles. The molecule has 0 bridgehead atoms. The first-order chi connectivity index (χ1) is 11.2. The summed E-state index contributed by atoms with van der Waals surface area (Å²) in [5.41, 5.74) is -2.91. The van der Waals surface area contributed by atoms with Crippen LogP contribution < -0.4 is 4.74 Å². The van der Waals surface area contributed by atoms with Crippen molar-refractivity contribution in [1.82, 2.24) is 5.01 Å². The van der Waals surface area contributed by atoms with E-state index < -0.39 is 30.8 Å². The van der Waals surface area contributed by atoms with Crippen molar-refractivity contribution < 1.29 is 27.8 Å². The highest BCUT2D eigenvalue weighted by Crippen LogP contribution is 2.40. The lowest BCUT2D eigenvalue weighted by Crippen LogP contribution is -2.57. The van der Waals surface area contributed by atoms with Crippen LogP contribution in [0.1, 0.15) is 25.3 Å². The minimum atomic E-state index is -5.04.